The van der Waals surface area contributed by atoms with Gasteiger partial charge in [0, 0.05) is 24.1 Å². The van der Waals surface area contributed by atoms with Gasteiger partial charge in [-0.2, -0.15) is 0 Å². The van der Waals surface area contributed by atoms with E-state index in [1.807, 2.05) is 12.1 Å². The number of benzene rings is 2. The maximum absolute atomic E-state index is 13.2. The summed E-state index contributed by atoms with van der Waals surface area (Å²) in [6, 6.07) is 12.8. The molecule has 36 heavy (non-hydrogen) atoms. The molecule has 3 aromatic rings. The zero-order valence-corrected chi connectivity index (χ0v) is 19.6. The minimum absolute atomic E-state index is 0.00607. The summed E-state index contributed by atoms with van der Waals surface area (Å²) in [5.74, 6) is -1.41. The maximum atomic E-state index is 13.2. The molecule has 184 valence electrons. The van der Waals surface area contributed by atoms with Gasteiger partial charge in [-0.25, -0.2) is 14.6 Å². The number of hydrogen-bond donors (Lipinski definition) is 2. The Hall–Kier alpha value is -4.60. The van der Waals surface area contributed by atoms with Crippen molar-refractivity contribution in [1.82, 2.24) is 15.6 Å². The molecule has 0 unspecified atom stereocenters. The van der Waals surface area contributed by atoms with Crippen molar-refractivity contribution in [3.63, 3.8) is 0 Å². The monoisotopic (exact) mass is 488 g/mol. The molecule has 1 aliphatic carbocycles. The normalized spacial score (nSPS) is 13.6. The number of esters is 1. The van der Waals surface area contributed by atoms with Gasteiger partial charge < -0.3 is 10.1 Å². The maximum Gasteiger partial charge on any atom is 0.339 e. The molecule has 0 aliphatic heterocycles. The van der Waals surface area contributed by atoms with E-state index in [-0.39, 0.29) is 5.69 Å². The van der Waals surface area contributed by atoms with Crippen LogP contribution in [0.2, 0.25) is 0 Å². The molecular weight excluding hydrogens is 464 g/mol. The fourth-order valence-corrected chi connectivity index (χ4v) is 4.17. The van der Waals surface area contributed by atoms with E-state index in [1.165, 1.54) is 12.1 Å². The number of nitrogens with zero attached hydrogens (tertiary/aromatic N) is 2. The van der Waals surface area contributed by atoms with E-state index in [9.17, 15) is 24.5 Å². The Morgan fingerprint density at radius 3 is 2.58 bits per heavy atom. The van der Waals surface area contributed by atoms with Crippen LogP contribution in [0, 0.1) is 10.1 Å². The Balaban J connectivity index is 1.68. The molecule has 0 bridgehead atoms. The standard InChI is InChI=1S/C26H24N4O6/c1-2-27-26(33)29-22(31)15-36-25(32)23-19-7-3-4-9-21(19)28-24-17(6-5-8-20(23)24)14-16-10-12-18(13-11-16)30(34)35/h3-4,7,9-14H,2,5-6,8,15H2,1H3,(H2,27,29,31,33)/b17-14+. The van der Waals surface area contributed by atoms with Crippen LogP contribution in [-0.2, 0) is 16.0 Å². The summed E-state index contributed by atoms with van der Waals surface area (Å²) in [4.78, 5) is 52.1. The number of hydrogen-bond acceptors (Lipinski definition) is 7. The fraction of sp³-hybridized carbons (Fsp3) is 0.231. The number of nitro benzene ring substituents is 1. The number of aromatic nitrogens is 1. The van der Waals surface area contributed by atoms with Gasteiger partial charge in [0.2, 0.25) is 0 Å². The third kappa shape index (κ3) is 5.38. The predicted octanol–water partition coefficient (Wildman–Crippen LogP) is 4.02. The van der Waals surface area contributed by atoms with Crippen LogP contribution in [0.15, 0.2) is 48.5 Å². The first-order valence-corrected chi connectivity index (χ1v) is 11.5. The number of carbonyl (C=O) groups is 3. The number of nitro groups is 1. The lowest BCUT2D eigenvalue weighted by atomic mass is 9.86. The summed E-state index contributed by atoms with van der Waals surface area (Å²) in [6.45, 7) is 1.46. The molecule has 0 saturated carbocycles. The van der Waals surface area contributed by atoms with Crippen LogP contribution < -0.4 is 10.6 Å². The highest BCUT2D eigenvalue weighted by Gasteiger charge is 2.26. The van der Waals surface area contributed by atoms with Crippen LogP contribution in [0.3, 0.4) is 0 Å². The number of fused-ring (bicyclic) bond motifs is 2. The first-order valence-electron chi connectivity index (χ1n) is 11.5. The van der Waals surface area contributed by atoms with E-state index in [0.29, 0.717) is 35.1 Å². The molecule has 0 fully saturated rings. The van der Waals surface area contributed by atoms with Gasteiger partial charge in [-0.1, -0.05) is 18.2 Å². The van der Waals surface area contributed by atoms with Crippen molar-refractivity contribution in [3.8, 4) is 0 Å². The number of carbonyl (C=O) groups excluding carboxylic acids is 3. The number of imide groups is 1. The second kappa shape index (κ2) is 10.8. The van der Waals surface area contributed by atoms with Gasteiger partial charge in [0.1, 0.15) is 0 Å². The fourth-order valence-electron chi connectivity index (χ4n) is 4.17. The number of amides is 3. The number of para-hydroxylation sites is 1. The van der Waals surface area contributed by atoms with Crippen molar-refractivity contribution < 1.29 is 24.0 Å². The predicted molar refractivity (Wildman–Crippen MR) is 133 cm³/mol. The highest BCUT2D eigenvalue weighted by molar-refractivity contribution is 6.07. The number of allylic oxidation sites excluding steroid dienone is 1. The molecule has 1 heterocycles. The van der Waals surface area contributed by atoms with Crippen LogP contribution in [0.4, 0.5) is 10.5 Å². The lowest BCUT2D eigenvalue weighted by Crippen LogP contribution is -2.41. The van der Waals surface area contributed by atoms with Gasteiger partial charge in [0.15, 0.2) is 6.61 Å². The largest absolute Gasteiger partial charge is 0.452 e. The lowest BCUT2D eigenvalue weighted by Gasteiger charge is -2.22. The Morgan fingerprint density at radius 2 is 1.86 bits per heavy atom. The van der Waals surface area contributed by atoms with Gasteiger partial charge in [0.05, 0.1) is 21.7 Å². The lowest BCUT2D eigenvalue weighted by molar-refractivity contribution is -0.384. The second-order valence-electron chi connectivity index (χ2n) is 8.19. The Kier molecular flexibility index (Phi) is 7.33. The first-order chi connectivity index (χ1) is 17.4. The Labute approximate surface area is 206 Å². The molecule has 0 atom stereocenters. The Bertz CT molecular complexity index is 1380. The number of rotatable bonds is 6. The molecule has 0 spiro atoms. The molecule has 0 radical (unpaired) electrons. The Morgan fingerprint density at radius 1 is 1.11 bits per heavy atom. The van der Waals surface area contributed by atoms with Crippen molar-refractivity contribution in [2.45, 2.75) is 26.2 Å². The molecule has 0 saturated heterocycles. The average molecular weight is 489 g/mol. The number of ether oxygens (including phenoxy) is 1. The highest BCUT2D eigenvalue weighted by atomic mass is 16.6. The molecule has 3 amide bonds. The van der Waals surface area contributed by atoms with E-state index < -0.39 is 29.4 Å². The van der Waals surface area contributed by atoms with Crippen molar-refractivity contribution in [2.24, 2.45) is 0 Å². The highest BCUT2D eigenvalue weighted by Crippen LogP contribution is 2.36. The molecular formula is C26H24N4O6. The summed E-state index contributed by atoms with van der Waals surface area (Å²) in [5.41, 5.74) is 4.02. The smallest absolute Gasteiger partial charge is 0.339 e. The number of urea groups is 1. The quantitative estimate of drug-likeness (QED) is 0.303. The van der Waals surface area contributed by atoms with E-state index in [0.717, 1.165) is 29.5 Å². The number of pyridine rings is 1. The third-order valence-electron chi connectivity index (χ3n) is 5.74. The summed E-state index contributed by atoms with van der Waals surface area (Å²) < 4.78 is 5.29. The summed E-state index contributed by atoms with van der Waals surface area (Å²) >= 11 is 0. The SMILES string of the molecule is CCNC(=O)NC(=O)COC(=O)c1c2c(nc3ccccc13)/C(=C/c1ccc([N+](=O)[O-])cc1)CCC2. The van der Waals surface area contributed by atoms with Crippen molar-refractivity contribution in [3.05, 3.63) is 81.0 Å². The van der Waals surface area contributed by atoms with Crippen LogP contribution in [0.5, 0.6) is 0 Å². The van der Waals surface area contributed by atoms with Crippen molar-refractivity contribution in [2.75, 3.05) is 13.2 Å². The molecule has 2 aromatic carbocycles. The van der Waals surface area contributed by atoms with E-state index in [1.54, 1.807) is 37.3 Å². The first kappa shape index (κ1) is 24.5. The molecule has 4 rings (SSSR count). The van der Waals surface area contributed by atoms with Crippen LogP contribution in [0.25, 0.3) is 22.6 Å². The van der Waals surface area contributed by atoms with Crippen LogP contribution in [-0.4, -0.2) is 41.0 Å². The van der Waals surface area contributed by atoms with Crippen molar-refractivity contribution >= 4 is 46.1 Å². The summed E-state index contributed by atoms with van der Waals surface area (Å²) in [5, 5.41) is 16.1. The van der Waals surface area contributed by atoms with Gasteiger partial charge in [0.25, 0.3) is 11.6 Å². The molecule has 10 heteroatoms. The minimum atomic E-state index is -0.736. The number of non-ortho nitro benzene ring substituents is 1. The van der Waals surface area contributed by atoms with Crippen molar-refractivity contribution in [1.29, 1.82) is 0 Å². The van der Waals surface area contributed by atoms with Crippen LogP contribution in [0.1, 0.15) is 46.9 Å². The zero-order valence-electron chi connectivity index (χ0n) is 19.6. The zero-order chi connectivity index (χ0) is 25.7. The summed E-state index contributed by atoms with van der Waals surface area (Å²) in [7, 11) is 0. The average Bonchev–Trinajstić information content (AvgIpc) is 2.86. The minimum Gasteiger partial charge on any atom is -0.452 e. The molecule has 1 aliphatic rings. The molecule has 1 aromatic heterocycles. The van der Waals surface area contributed by atoms with E-state index in [4.69, 9.17) is 9.72 Å². The van der Waals surface area contributed by atoms with Gasteiger partial charge >= 0.3 is 12.0 Å². The van der Waals surface area contributed by atoms with Gasteiger partial charge in [-0.3, -0.25) is 20.2 Å². The van der Waals surface area contributed by atoms with E-state index in [2.05, 4.69) is 10.6 Å². The topological polar surface area (TPSA) is 141 Å². The van der Waals surface area contributed by atoms with E-state index >= 15 is 0 Å². The van der Waals surface area contributed by atoms with Crippen LogP contribution >= 0.6 is 0 Å². The summed E-state index contributed by atoms with van der Waals surface area (Å²) in [6.07, 6.45) is 4.00. The number of nitrogens with one attached hydrogen (secondary N) is 2. The third-order valence-corrected chi connectivity index (χ3v) is 5.74. The van der Waals surface area contributed by atoms with Gasteiger partial charge in [-0.05, 0) is 67.2 Å². The molecule has 2 N–H and O–H groups in total. The molecule has 10 nitrogen and oxygen atoms in total. The van der Waals surface area contributed by atoms with Gasteiger partial charge in [-0.15, -0.1) is 0 Å². The second-order valence-corrected chi connectivity index (χ2v) is 8.19.